The van der Waals surface area contributed by atoms with Crippen molar-refractivity contribution in [1.29, 1.82) is 0 Å². The zero-order valence-corrected chi connectivity index (χ0v) is 10.6. The van der Waals surface area contributed by atoms with E-state index in [-0.39, 0.29) is 5.91 Å². The van der Waals surface area contributed by atoms with E-state index in [9.17, 15) is 4.79 Å². The van der Waals surface area contributed by atoms with E-state index in [0.29, 0.717) is 12.5 Å². The number of benzene rings is 1. The molecule has 2 N–H and O–H groups in total. The van der Waals surface area contributed by atoms with Crippen molar-refractivity contribution in [2.24, 2.45) is 0 Å². The van der Waals surface area contributed by atoms with Crippen LogP contribution in [0.25, 0.3) is 0 Å². The molecule has 0 unspecified atom stereocenters. The predicted molar refractivity (Wildman–Crippen MR) is 67.0 cm³/mol. The van der Waals surface area contributed by atoms with Crippen molar-refractivity contribution in [1.82, 2.24) is 10.6 Å². The van der Waals surface area contributed by atoms with Gasteiger partial charge in [0.25, 0.3) is 0 Å². The maximum Gasteiger partial charge on any atom is 0.220 e. The second-order valence-electron chi connectivity index (χ2n) is 4.06. The lowest BCUT2D eigenvalue weighted by molar-refractivity contribution is -0.119. The standard InChI is InChI=1S/C12H15BrN2O/c13-10-3-1-9(2-4-10)7-14-8-11-5-6-12(16)15-11/h1-4,11,14H,5-8H2,(H,15,16)/t11-/m0/s1. The summed E-state index contributed by atoms with van der Waals surface area (Å²) in [5, 5.41) is 6.29. The third-order valence-electron chi connectivity index (χ3n) is 2.72. The summed E-state index contributed by atoms with van der Waals surface area (Å²) in [5.74, 6) is 0.176. The summed E-state index contributed by atoms with van der Waals surface area (Å²) in [7, 11) is 0. The molecule has 4 heteroatoms. The number of hydrogen-bond acceptors (Lipinski definition) is 2. The maximum absolute atomic E-state index is 11.0. The molecule has 0 bridgehead atoms. The highest BCUT2D eigenvalue weighted by Gasteiger charge is 2.19. The molecule has 0 radical (unpaired) electrons. The van der Waals surface area contributed by atoms with Crippen LogP contribution in [0.3, 0.4) is 0 Å². The summed E-state index contributed by atoms with van der Waals surface area (Å²) in [4.78, 5) is 11.0. The molecule has 0 aromatic heterocycles. The van der Waals surface area contributed by atoms with Crippen LogP contribution in [-0.2, 0) is 11.3 Å². The van der Waals surface area contributed by atoms with E-state index in [0.717, 1.165) is 24.0 Å². The Morgan fingerprint density at radius 3 is 2.75 bits per heavy atom. The van der Waals surface area contributed by atoms with Crippen LogP contribution in [0, 0.1) is 0 Å². The summed E-state index contributed by atoms with van der Waals surface area (Å²) in [6.45, 7) is 1.70. The largest absolute Gasteiger partial charge is 0.352 e. The van der Waals surface area contributed by atoms with Gasteiger partial charge >= 0.3 is 0 Å². The van der Waals surface area contributed by atoms with Gasteiger partial charge in [0.05, 0.1) is 0 Å². The van der Waals surface area contributed by atoms with Crippen molar-refractivity contribution in [3.05, 3.63) is 34.3 Å². The molecule has 1 aliphatic heterocycles. The molecule has 1 atom stereocenters. The Morgan fingerprint density at radius 1 is 1.38 bits per heavy atom. The molecule has 2 rings (SSSR count). The molecule has 1 fully saturated rings. The number of rotatable bonds is 4. The fourth-order valence-corrected chi connectivity index (χ4v) is 2.09. The van der Waals surface area contributed by atoms with Gasteiger partial charge in [-0.1, -0.05) is 28.1 Å². The topological polar surface area (TPSA) is 41.1 Å². The third-order valence-corrected chi connectivity index (χ3v) is 3.25. The molecule has 0 saturated carbocycles. The number of hydrogen-bond donors (Lipinski definition) is 2. The molecule has 0 aliphatic carbocycles. The van der Waals surface area contributed by atoms with Crippen molar-refractivity contribution in [3.8, 4) is 0 Å². The minimum atomic E-state index is 0.176. The highest BCUT2D eigenvalue weighted by molar-refractivity contribution is 9.10. The van der Waals surface area contributed by atoms with Crippen LogP contribution in [-0.4, -0.2) is 18.5 Å². The molecular weight excluding hydrogens is 268 g/mol. The third kappa shape index (κ3) is 3.32. The zero-order valence-electron chi connectivity index (χ0n) is 9.00. The molecule has 16 heavy (non-hydrogen) atoms. The van der Waals surface area contributed by atoms with E-state index in [1.807, 2.05) is 12.1 Å². The van der Waals surface area contributed by atoms with Gasteiger partial charge in [-0.05, 0) is 24.1 Å². The minimum Gasteiger partial charge on any atom is -0.352 e. The molecule has 1 aromatic carbocycles. The van der Waals surface area contributed by atoms with Crippen LogP contribution >= 0.6 is 15.9 Å². The van der Waals surface area contributed by atoms with Crippen LogP contribution < -0.4 is 10.6 Å². The van der Waals surface area contributed by atoms with Gasteiger partial charge in [-0.15, -0.1) is 0 Å². The molecule has 1 heterocycles. The van der Waals surface area contributed by atoms with Crippen molar-refractivity contribution in [2.75, 3.05) is 6.54 Å². The number of carbonyl (C=O) groups excluding carboxylic acids is 1. The van der Waals surface area contributed by atoms with E-state index in [2.05, 4.69) is 38.7 Å². The monoisotopic (exact) mass is 282 g/mol. The molecule has 86 valence electrons. The zero-order chi connectivity index (χ0) is 11.4. The van der Waals surface area contributed by atoms with E-state index in [4.69, 9.17) is 0 Å². The molecule has 0 spiro atoms. The SMILES string of the molecule is O=C1CC[C@@H](CNCc2ccc(Br)cc2)N1. The Bertz CT molecular complexity index is 364. The first-order chi connectivity index (χ1) is 7.74. The van der Waals surface area contributed by atoms with E-state index in [1.54, 1.807) is 0 Å². The first kappa shape index (κ1) is 11.6. The molecule has 1 aliphatic rings. The minimum absolute atomic E-state index is 0.176. The lowest BCUT2D eigenvalue weighted by Gasteiger charge is -2.11. The van der Waals surface area contributed by atoms with Crippen LogP contribution in [0.5, 0.6) is 0 Å². The van der Waals surface area contributed by atoms with Crippen LogP contribution in [0.4, 0.5) is 0 Å². The maximum atomic E-state index is 11.0. The highest BCUT2D eigenvalue weighted by Crippen LogP contribution is 2.10. The Balaban J connectivity index is 1.72. The van der Waals surface area contributed by atoms with Gasteiger partial charge in [-0.3, -0.25) is 4.79 Å². The lowest BCUT2D eigenvalue weighted by Crippen LogP contribution is -2.35. The number of nitrogens with one attached hydrogen (secondary N) is 2. The fraction of sp³-hybridized carbons (Fsp3) is 0.417. The Labute approximate surface area is 104 Å². The molecule has 3 nitrogen and oxygen atoms in total. The number of halogens is 1. The van der Waals surface area contributed by atoms with Gasteiger partial charge in [-0.2, -0.15) is 0 Å². The quantitative estimate of drug-likeness (QED) is 0.885. The van der Waals surface area contributed by atoms with Crippen LogP contribution in [0.2, 0.25) is 0 Å². The van der Waals surface area contributed by atoms with Gasteiger partial charge < -0.3 is 10.6 Å². The summed E-state index contributed by atoms with van der Waals surface area (Å²) in [6, 6.07) is 8.56. The summed E-state index contributed by atoms with van der Waals surface area (Å²) >= 11 is 3.41. The Morgan fingerprint density at radius 2 is 2.12 bits per heavy atom. The van der Waals surface area contributed by atoms with Crippen LogP contribution in [0.15, 0.2) is 28.7 Å². The molecule has 1 saturated heterocycles. The first-order valence-electron chi connectivity index (χ1n) is 5.48. The smallest absolute Gasteiger partial charge is 0.220 e. The van der Waals surface area contributed by atoms with Crippen molar-refractivity contribution < 1.29 is 4.79 Å². The van der Waals surface area contributed by atoms with Gasteiger partial charge in [0, 0.05) is 30.0 Å². The van der Waals surface area contributed by atoms with E-state index in [1.165, 1.54) is 5.56 Å². The summed E-state index contributed by atoms with van der Waals surface area (Å²) in [6.07, 6.45) is 1.62. The van der Waals surface area contributed by atoms with Gasteiger partial charge in [0.1, 0.15) is 0 Å². The van der Waals surface area contributed by atoms with E-state index >= 15 is 0 Å². The predicted octanol–water partition coefficient (Wildman–Crippen LogP) is 1.82. The first-order valence-corrected chi connectivity index (χ1v) is 6.28. The number of amides is 1. The lowest BCUT2D eigenvalue weighted by atomic mass is 10.2. The van der Waals surface area contributed by atoms with Crippen molar-refractivity contribution >= 4 is 21.8 Å². The number of carbonyl (C=O) groups is 1. The van der Waals surface area contributed by atoms with E-state index < -0.39 is 0 Å². The molecule has 1 aromatic rings. The van der Waals surface area contributed by atoms with Crippen molar-refractivity contribution in [3.63, 3.8) is 0 Å². The molecular formula is C12H15BrN2O. The van der Waals surface area contributed by atoms with Crippen LogP contribution in [0.1, 0.15) is 18.4 Å². The average Bonchev–Trinajstić information content (AvgIpc) is 2.67. The highest BCUT2D eigenvalue weighted by atomic mass is 79.9. The van der Waals surface area contributed by atoms with Crippen molar-refractivity contribution in [2.45, 2.75) is 25.4 Å². The normalized spacial score (nSPS) is 19.8. The second-order valence-corrected chi connectivity index (χ2v) is 4.98. The Hall–Kier alpha value is -0.870. The summed E-state index contributed by atoms with van der Waals surface area (Å²) in [5.41, 5.74) is 1.26. The molecule has 1 amide bonds. The Kier molecular flexibility index (Phi) is 3.96. The van der Waals surface area contributed by atoms with Gasteiger partial charge in [0.2, 0.25) is 5.91 Å². The summed E-state index contributed by atoms with van der Waals surface area (Å²) < 4.78 is 1.10. The van der Waals surface area contributed by atoms with Gasteiger partial charge in [0.15, 0.2) is 0 Å². The fourth-order valence-electron chi connectivity index (χ4n) is 1.82. The second kappa shape index (κ2) is 5.46. The van der Waals surface area contributed by atoms with Gasteiger partial charge in [-0.25, -0.2) is 0 Å². The average molecular weight is 283 g/mol.